The molecule has 1 unspecified atom stereocenters. The van der Waals surface area contributed by atoms with Crippen LogP contribution in [-0.4, -0.2) is 44.2 Å². The molecule has 1 atom stereocenters. The molecule has 194 valence electrons. The number of Topliss-reactive ketones (excluding diaryl/α,β-unsaturated/α-hetero) is 1. The summed E-state index contributed by atoms with van der Waals surface area (Å²) in [6.45, 7) is 1.72. The van der Waals surface area contributed by atoms with Gasteiger partial charge in [-0.05, 0) is 55.0 Å². The number of nitrogens with zero attached hydrogens (tertiary/aromatic N) is 4. The van der Waals surface area contributed by atoms with Gasteiger partial charge in [0.25, 0.3) is 5.78 Å². The lowest BCUT2D eigenvalue weighted by Gasteiger charge is -2.23. The fourth-order valence-corrected chi connectivity index (χ4v) is 6.05. The molecule has 39 heavy (non-hydrogen) atoms. The number of pyridine rings is 1. The summed E-state index contributed by atoms with van der Waals surface area (Å²) in [6, 6.07) is 15.8. The Morgan fingerprint density at radius 1 is 1.08 bits per heavy atom. The van der Waals surface area contributed by atoms with Gasteiger partial charge in [0.15, 0.2) is 10.9 Å². The Balaban J connectivity index is 1.59. The van der Waals surface area contributed by atoms with Crippen molar-refractivity contribution < 1.29 is 24.2 Å². The first-order valence-electron chi connectivity index (χ1n) is 11.8. The number of thiazole rings is 1. The van der Waals surface area contributed by atoms with Gasteiger partial charge in [-0.1, -0.05) is 41.1 Å². The summed E-state index contributed by atoms with van der Waals surface area (Å²) in [6.07, 6.45) is 1.72. The van der Waals surface area contributed by atoms with Gasteiger partial charge in [0, 0.05) is 11.2 Å². The van der Waals surface area contributed by atoms with Crippen LogP contribution in [0.3, 0.4) is 0 Å². The van der Waals surface area contributed by atoms with Crippen LogP contribution in [0.1, 0.15) is 33.4 Å². The lowest BCUT2D eigenvalue weighted by Crippen LogP contribution is -2.29. The maximum Gasteiger partial charge on any atom is 0.337 e. The molecular weight excluding hydrogens is 540 g/mol. The number of halogens is 1. The molecule has 5 aromatic rings. The van der Waals surface area contributed by atoms with E-state index >= 15 is 0 Å². The van der Waals surface area contributed by atoms with Crippen LogP contribution in [0.5, 0.6) is 0 Å². The van der Waals surface area contributed by atoms with Gasteiger partial charge < -0.3 is 9.84 Å². The molecule has 6 rings (SSSR count). The summed E-state index contributed by atoms with van der Waals surface area (Å²) in [5.41, 5.74) is 2.65. The molecule has 1 saturated heterocycles. The van der Waals surface area contributed by atoms with Gasteiger partial charge in [-0.15, -0.1) is 0 Å². The molecule has 3 aromatic heterocycles. The number of benzene rings is 2. The van der Waals surface area contributed by atoms with Crippen LogP contribution in [0, 0.1) is 6.92 Å². The number of aliphatic hydroxyl groups is 1. The van der Waals surface area contributed by atoms with E-state index in [4.69, 9.17) is 16.3 Å². The number of hydrogen-bond acceptors (Lipinski definition) is 8. The molecule has 2 aromatic carbocycles. The predicted octanol–water partition coefficient (Wildman–Crippen LogP) is 5.32. The van der Waals surface area contributed by atoms with Crippen LogP contribution in [0.15, 0.2) is 72.4 Å². The highest BCUT2D eigenvalue weighted by Crippen LogP contribution is 2.45. The second-order valence-corrected chi connectivity index (χ2v) is 10.3. The van der Waals surface area contributed by atoms with E-state index in [0.717, 1.165) is 4.70 Å². The topological polar surface area (TPSA) is 114 Å². The molecular formula is C28H19ClN4O5S. The number of imidazole rings is 1. The number of aliphatic hydroxyl groups excluding tert-OH is 1. The molecule has 0 radical (unpaired) electrons. The number of aryl methyl sites for hydroxylation is 1. The van der Waals surface area contributed by atoms with Crippen molar-refractivity contribution in [3.05, 3.63) is 100.0 Å². The summed E-state index contributed by atoms with van der Waals surface area (Å²) in [4.78, 5) is 49.5. The molecule has 0 saturated carbocycles. The molecule has 0 aliphatic carbocycles. The van der Waals surface area contributed by atoms with Gasteiger partial charge >= 0.3 is 11.9 Å². The van der Waals surface area contributed by atoms with Crippen molar-refractivity contribution in [1.82, 2.24) is 14.4 Å². The number of esters is 1. The second kappa shape index (κ2) is 9.33. The number of ether oxygens (including phenoxy) is 1. The summed E-state index contributed by atoms with van der Waals surface area (Å²) < 4.78 is 7.19. The molecule has 11 heteroatoms. The maximum absolute atomic E-state index is 13.6. The van der Waals surface area contributed by atoms with Crippen LogP contribution in [0.25, 0.3) is 21.6 Å². The summed E-state index contributed by atoms with van der Waals surface area (Å²) in [5.74, 6) is -2.59. The van der Waals surface area contributed by atoms with E-state index in [2.05, 4.69) is 9.97 Å². The third kappa shape index (κ3) is 3.96. The van der Waals surface area contributed by atoms with E-state index in [1.54, 1.807) is 72.1 Å². The van der Waals surface area contributed by atoms with Crippen molar-refractivity contribution in [3.63, 3.8) is 0 Å². The van der Waals surface area contributed by atoms with Crippen molar-refractivity contribution in [2.45, 2.75) is 13.0 Å². The number of ketones is 1. The highest BCUT2D eigenvalue weighted by atomic mass is 35.5. The molecule has 1 aliphatic heterocycles. The SMILES string of the molecule is COC(=O)c1ccc(C2C(=C(O)c3c(C)nc4ccccn34)C(=O)C(=O)N2c2nc3ccc(Cl)cc3s2)cc1. The quantitative estimate of drug-likeness (QED) is 0.137. The van der Waals surface area contributed by atoms with Gasteiger partial charge in [0.05, 0.1) is 40.2 Å². The molecule has 1 N–H and O–H groups in total. The number of aromatic nitrogens is 3. The lowest BCUT2D eigenvalue weighted by atomic mass is 9.95. The Morgan fingerprint density at radius 2 is 1.85 bits per heavy atom. The Bertz CT molecular complexity index is 1860. The number of carbonyl (C=O) groups is 3. The van der Waals surface area contributed by atoms with E-state index < -0.39 is 23.7 Å². The van der Waals surface area contributed by atoms with Crippen LogP contribution < -0.4 is 4.90 Å². The number of carbonyl (C=O) groups excluding carboxylic acids is 3. The van der Waals surface area contributed by atoms with Crippen LogP contribution >= 0.6 is 22.9 Å². The minimum absolute atomic E-state index is 0.114. The Morgan fingerprint density at radius 3 is 2.59 bits per heavy atom. The van der Waals surface area contributed by atoms with E-state index in [0.29, 0.717) is 38.7 Å². The fraction of sp³-hybridized carbons (Fsp3) is 0.107. The van der Waals surface area contributed by atoms with Crippen molar-refractivity contribution >= 4 is 67.4 Å². The number of amides is 1. The number of fused-ring (bicyclic) bond motifs is 2. The number of methoxy groups -OCH3 is 1. The zero-order valence-electron chi connectivity index (χ0n) is 20.6. The second-order valence-electron chi connectivity index (χ2n) is 8.87. The number of hydrogen-bond donors (Lipinski definition) is 1. The van der Waals surface area contributed by atoms with Crippen LogP contribution in [-0.2, 0) is 14.3 Å². The molecule has 1 fully saturated rings. The van der Waals surface area contributed by atoms with Crippen LogP contribution in [0.2, 0.25) is 5.02 Å². The molecule has 9 nitrogen and oxygen atoms in total. The Hall–Kier alpha value is -4.54. The lowest BCUT2D eigenvalue weighted by molar-refractivity contribution is -0.132. The normalized spacial score (nSPS) is 16.9. The maximum atomic E-state index is 13.6. The van der Waals surface area contributed by atoms with Crippen LogP contribution in [0.4, 0.5) is 5.13 Å². The van der Waals surface area contributed by atoms with E-state index in [1.807, 2.05) is 6.07 Å². The number of rotatable bonds is 4. The zero-order valence-corrected chi connectivity index (χ0v) is 22.2. The van der Waals surface area contributed by atoms with Crippen molar-refractivity contribution in [2.75, 3.05) is 12.0 Å². The molecule has 0 bridgehead atoms. The van der Waals surface area contributed by atoms with E-state index in [1.165, 1.54) is 23.3 Å². The van der Waals surface area contributed by atoms with Gasteiger partial charge in [-0.2, -0.15) is 0 Å². The largest absolute Gasteiger partial charge is 0.505 e. The highest BCUT2D eigenvalue weighted by molar-refractivity contribution is 7.22. The van der Waals surface area contributed by atoms with Crippen molar-refractivity contribution in [1.29, 1.82) is 0 Å². The Labute approximate surface area is 230 Å². The fourth-order valence-electron chi connectivity index (χ4n) is 4.78. The molecule has 4 heterocycles. The Kier molecular flexibility index (Phi) is 5.93. The average molecular weight is 559 g/mol. The van der Waals surface area contributed by atoms with Gasteiger partial charge in [-0.25, -0.2) is 14.8 Å². The summed E-state index contributed by atoms with van der Waals surface area (Å²) >= 11 is 7.36. The summed E-state index contributed by atoms with van der Waals surface area (Å²) in [5, 5.41) is 12.4. The molecule has 0 spiro atoms. The predicted molar refractivity (Wildman–Crippen MR) is 147 cm³/mol. The third-order valence-electron chi connectivity index (χ3n) is 6.57. The van der Waals surface area contributed by atoms with Gasteiger partial charge in [0.1, 0.15) is 11.3 Å². The zero-order chi connectivity index (χ0) is 27.4. The minimum Gasteiger partial charge on any atom is -0.505 e. The molecule has 1 amide bonds. The first kappa shape index (κ1) is 24.8. The van der Waals surface area contributed by atoms with E-state index in [9.17, 15) is 19.5 Å². The minimum atomic E-state index is -1.03. The first-order valence-corrected chi connectivity index (χ1v) is 13.0. The molecule has 1 aliphatic rings. The standard InChI is InChI=1S/C28H19ClN4O5S/c1-14-22(32-12-4-3-5-20(32)30-14)24(34)21-23(15-6-8-16(9-7-15)27(37)38-2)33(26(36)25(21)35)28-31-18-11-10-17(29)13-19(18)39-28/h3-13,23,34H,1-2H3. The smallest absolute Gasteiger partial charge is 0.337 e. The summed E-state index contributed by atoms with van der Waals surface area (Å²) in [7, 11) is 1.28. The monoisotopic (exact) mass is 558 g/mol. The third-order valence-corrected chi connectivity index (χ3v) is 7.82. The highest BCUT2D eigenvalue weighted by Gasteiger charge is 2.48. The van der Waals surface area contributed by atoms with Gasteiger partial charge in [-0.3, -0.25) is 18.9 Å². The van der Waals surface area contributed by atoms with Crippen molar-refractivity contribution in [2.24, 2.45) is 0 Å². The number of anilines is 1. The van der Waals surface area contributed by atoms with Gasteiger partial charge in [0.2, 0.25) is 0 Å². The van der Waals surface area contributed by atoms with Crippen molar-refractivity contribution in [3.8, 4) is 0 Å². The van der Waals surface area contributed by atoms with E-state index in [-0.39, 0.29) is 16.5 Å². The average Bonchev–Trinajstić information content (AvgIpc) is 3.58. The first-order chi connectivity index (χ1) is 18.8.